The van der Waals surface area contributed by atoms with E-state index >= 15 is 0 Å². The predicted octanol–water partition coefficient (Wildman–Crippen LogP) is 3.66. The highest BCUT2D eigenvalue weighted by molar-refractivity contribution is 5.67. The van der Waals surface area contributed by atoms with Crippen LogP contribution in [-0.4, -0.2) is 50.1 Å². The molecule has 1 unspecified atom stereocenters. The minimum atomic E-state index is -2.73. The summed E-state index contributed by atoms with van der Waals surface area (Å²) in [4.78, 5) is 9.12. The summed E-state index contributed by atoms with van der Waals surface area (Å²) in [5, 5.41) is 41.7. The zero-order chi connectivity index (χ0) is 22.4. The first kappa shape index (κ1) is 30.5. The van der Waals surface area contributed by atoms with E-state index in [0.29, 0.717) is 6.42 Å². The van der Waals surface area contributed by atoms with E-state index in [1.807, 2.05) is 0 Å². The molecule has 0 heterocycles. The summed E-state index contributed by atoms with van der Waals surface area (Å²) in [6.07, 6.45) is 21.4. The van der Waals surface area contributed by atoms with Crippen LogP contribution in [-0.2, 0) is 4.79 Å². The first-order valence-corrected chi connectivity index (χ1v) is 11.5. The molecule has 0 spiro atoms. The summed E-state index contributed by atoms with van der Waals surface area (Å²) in [6, 6.07) is -0.968. The first-order chi connectivity index (χ1) is 13.8. The molecule has 7 nitrogen and oxygen atoms in total. The summed E-state index contributed by atoms with van der Waals surface area (Å²) in [5.74, 6) is -3.92. The van der Waals surface area contributed by atoms with Crippen molar-refractivity contribution in [2.45, 2.75) is 128 Å². The molecule has 7 heteroatoms. The van der Waals surface area contributed by atoms with Crippen molar-refractivity contribution in [2.24, 2.45) is 5.73 Å². The number of hydrogen-bond donors (Lipinski definition) is 6. The third-order valence-electron chi connectivity index (χ3n) is 5.00. The molecule has 0 rings (SSSR count). The number of carboxylic acid groups (broad SMARTS) is 1. The molecule has 0 saturated heterocycles. The third kappa shape index (κ3) is 27.3. The molecule has 176 valence electrons. The van der Waals surface area contributed by atoms with Crippen molar-refractivity contribution >= 4 is 5.97 Å². The average molecular weight is 422 g/mol. The molecule has 7 N–H and O–H groups in total. The van der Waals surface area contributed by atoms with Gasteiger partial charge < -0.3 is 31.3 Å². The van der Waals surface area contributed by atoms with Gasteiger partial charge in [0.05, 0.1) is 6.04 Å². The van der Waals surface area contributed by atoms with Gasteiger partial charge in [0.25, 0.3) is 5.97 Å². The maximum absolute atomic E-state index is 9.12. The second kappa shape index (κ2) is 22.0. The van der Waals surface area contributed by atoms with E-state index in [1.165, 1.54) is 89.9 Å². The minimum Gasteiger partial charge on any atom is -0.480 e. The fraction of sp³-hybridized carbons (Fsp3) is 0.955. The topological polar surface area (TPSA) is 144 Å². The van der Waals surface area contributed by atoms with Gasteiger partial charge in [-0.15, -0.1) is 0 Å². The largest absolute Gasteiger partial charge is 0.480 e. The third-order valence-corrected chi connectivity index (χ3v) is 5.00. The Bertz CT molecular complexity index is 347. The fourth-order valence-electron chi connectivity index (χ4n) is 3.11. The van der Waals surface area contributed by atoms with Crippen LogP contribution in [0, 0.1) is 0 Å². The molecule has 29 heavy (non-hydrogen) atoms. The lowest BCUT2D eigenvalue weighted by Gasteiger charge is -2.21. The normalized spacial score (nSPS) is 12.3. The van der Waals surface area contributed by atoms with E-state index in [0.717, 1.165) is 12.8 Å². The van der Waals surface area contributed by atoms with E-state index in [1.54, 1.807) is 0 Å². The number of carbonyl (C=O) groups is 1. The maximum atomic E-state index is 9.12. The monoisotopic (exact) mass is 421 g/mol. The second-order valence-electron chi connectivity index (χ2n) is 7.94. The van der Waals surface area contributed by atoms with E-state index < -0.39 is 24.6 Å². The van der Waals surface area contributed by atoms with Gasteiger partial charge in [0.2, 0.25) is 0 Å². The summed E-state index contributed by atoms with van der Waals surface area (Å²) in [5.41, 5.74) is 5.46. The smallest absolute Gasteiger partial charge is 0.329 e. The molecule has 0 aromatic carbocycles. The quantitative estimate of drug-likeness (QED) is 0.138. The summed E-state index contributed by atoms with van der Waals surface area (Å²) < 4.78 is 0. The molecule has 0 radical (unpaired) electrons. The Kier molecular flexibility index (Phi) is 23.1. The van der Waals surface area contributed by atoms with Crippen LogP contribution in [0.15, 0.2) is 0 Å². The summed E-state index contributed by atoms with van der Waals surface area (Å²) in [6.45, 7) is 1.49. The van der Waals surface area contributed by atoms with Crippen LogP contribution < -0.4 is 5.73 Å². The molecule has 0 aliphatic rings. The number of aliphatic hydroxyl groups excluding tert-OH is 1. The second-order valence-corrected chi connectivity index (χ2v) is 7.94. The van der Waals surface area contributed by atoms with Crippen molar-refractivity contribution in [1.82, 2.24) is 0 Å². The SMILES string of the molecule is CCCCCCCCCCCCCCCCCCC(N)C(O)(O)O.O=C(O)CO. The van der Waals surface area contributed by atoms with E-state index in [4.69, 9.17) is 36.1 Å². The summed E-state index contributed by atoms with van der Waals surface area (Å²) in [7, 11) is 0. The molecule has 0 saturated carbocycles. The van der Waals surface area contributed by atoms with Gasteiger partial charge in [-0.25, -0.2) is 4.79 Å². The molecule has 0 aromatic heterocycles. The van der Waals surface area contributed by atoms with Crippen LogP contribution in [0.2, 0.25) is 0 Å². The van der Waals surface area contributed by atoms with Crippen molar-refractivity contribution in [3.05, 3.63) is 0 Å². The molecule has 0 aliphatic carbocycles. The average Bonchev–Trinajstić information content (AvgIpc) is 2.67. The van der Waals surface area contributed by atoms with Crippen molar-refractivity contribution in [3.63, 3.8) is 0 Å². The van der Waals surface area contributed by atoms with Gasteiger partial charge in [-0.1, -0.05) is 110 Å². The molecule has 0 aromatic rings. The number of hydrogen-bond acceptors (Lipinski definition) is 6. The van der Waals surface area contributed by atoms with Gasteiger partial charge in [-0.3, -0.25) is 0 Å². The van der Waals surface area contributed by atoms with Crippen molar-refractivity contribution in [1.29, 1.82) is 0 Å². The number of unbranched alkanes of at least 4 members (excludes halogenated alkanes) is 15. The molecular formula is C22H47NO6. The fourth-order valence-corrected chi connectivity index (χ4v) is 3.11. The van der Waals surface area contributed by atoms with Crippen molar-refractivity contribution in [2.75, 3.05) is 6.61 Å². The maximum Gasteiger partial charge on any atom is 0.329 e. The number of carboxylic acids is 1. The minimum absolute atomic E-state index is 0.446. The van der Waals surface area contributed by atoms with Crippen molar-refractivity contribution in [3.8, 4) is 0 Å². The van der Waals surface area contributed by atoms with Crippen LogP contribution in [0.1, 0.15) is 116 Å². The van der Waals surface area contributed by atoms with Gasteiger partial charge in [0.15, 0.2) is 0 Å². The van der Waals surface area contributed by atoms with Crippen LogP contribution in [0.4, 0.5) is 0 Å². The van der Waals surface area contributed by atoms with Crippen LogP contribution >= 0.6 is 0 Å². The molecule has 1 atom stereocenters. The Morgan fingerprint density at radius 3 is 1.24 bits per heavy atom. The Morgan fingerprint density at radius 1 is 0.724 bits per heavy atom. The molecule has 0 fully saturated rings. The zero-order valence-electron chi connectivity index (χ0n) is 18.5. The van der Waals surface area contributed by atoms with Crippen LogP contribution in [0.25, 0.3) is 0 Å². The first-order valence-electron chi connectivity index (χ1n) is 11.5. The number of aliphatic carboxylic acids is 1. The van der Waals surface area contributed by atoms with Gasteiger partial charge >= 0.3 is 5.97 Å². The van der Waals surface area contributed by atoms with Gasteiger partial charge in [0.1, 0.15) is 6.61 Å². The van der Waals surface area contributed by atoms with Crippen LogP contribution in [0.3, 0.4) is 0 Å². The van der Waals surface area contributed by atoms with Crippen LogP contribution in [0.5, 0.6) is 0 Å². The highest BCUT2D eigenvalue weighted by atomic mass is 16.7. The number of aliphatic hydroxyl groups is 4. The number of nitrogens with two attached hydrogens (primary N) is 1. The van der Waals surface area contributed by atoms with E-state index in [-0.39, 0.29) is 0 Å². The lowest BCUT2D eigenvalue weighted by molar-refractivity contribution is -0.323. The molecule has 0 amide bonds. The Morgan fingerprint density at radius 2 is 1.00 bits per heavy atom. The lowest BCUT2D eigenvalue weighted by Crippen LogP contribution is -2.47. The highest BCUT2D eigenvalue weighted by Gasteiger charge is 2.27. The van der Waals surface area contributed by atoms with Gasteiger partial charge in [-0.05, 0) is 6.42 Å². The standard InChI is InChI=1S/C20H43NO3.C2H4O3/c1-2-3-4-5-6-7-8-9-10-11-12-13-14-15-16-17-18-19(21)20(22,23)24;3-1-2(4)5/h19,22-24H,2-18,21H2,1H3;3H,1H2,(H,4,5). The van der Waals surface area contributed by atoms with Crippen molar-refractivity contribution < 1.29 is 30.3 Å². The molecule has 0 aliphatic heterocycles. The van der Waals surface area contributed by atoms with Gasteiger partial charge in [0, 0.05) is 0 Å². The summed E-state index contributed by atoms with van der Waals surface area (Å²) >= 11 is 0. The van der Waals surface area contributed by atoms with E-state index in [9.17, 15) is 0 Å². The lowest BCUT2D eigenvalue weighted by atomic mass is 10.0. The van der Waals surface area contributed by atoms with E-state index in [2.05, 4.69) is 6.92 Å². The van der Waals surface area contributed by atoms with Gasteiger partial charge in [-0.2, -0.15) is 0 Å². The Labute approximate surface area is 177 Å². The zero-order valence-corrected chi connectivity index (χ0v) is 18.5. The number of rotatable bonds is 19. The highest BCUT2D eigenvalue weighted by Crippen LogP contribution is 2.15. The molecular weight excluding hydrogens is 374 g/mol. The Hall–Kier alpha value is -0.730. The predicted molar refractivity (Wildman–Crippen MR) is 116 cm³/mol. The molecule has 0 bridgehead atoms. The Balaban J connectivity index is 0.